The zero-order valence-electron chi connectivity index (χ0n) is 13.8. The minimum absolute atomic E-state index is 0.138. The average molecular weight is 345 g/mol. The second-order valence-electron chi connectivity index (χ2n) is 5.78. The van der Waals surface area contributed by atoms with Gasteiger partial charge < -0.3 is 10.2 Å². The number of anilines is 1. The van der Waals surface area contributed by atoms with Crippen LogP contribution in [0.15, 0.2) is 41.3 Å². The third kappa shape index (κ3) is 3.48. The van der Waals surface area contributed by atoms with E-state index in [4.69, 9.17) is 0 Å². The number of nitrogens with zero attached hydrogens (tertiary/aromatic N) is 4. The molecular weight excluding hydrogens is 328 g/mol. The van der Waals surface area contributed by atoms with Crippen molar-refractivity contribution in [3.8, 4) is 5.69 Å². The van der Waals surface area contributed by atoms with Crippen molar-refractivity contribution in [1.82, 2.24) is 19.4 Å². The van der Waals surface area contributed by atoms with Crippen molar-refractivity contribution < 1.29 is 8.78 Å². The van der Waals surface area contributed by atoms with E-state index >= 15 is 0 Å². The average Bonchev–Trinajstić information content (AvgIpc) is 2.56. The molecule has 0 aliphatic rings. The number of hydrogen-bond donors (Lipinski definition) is 1. The minimum atomic E-state index is -0.838. The molecule has 0 saturated heterocycles. The number of hydrogen-bond acceptors (Lipinski definition) is 5. The predicted molar refractivity (Wildman–Crippen MR) is 92.1 cm³/mol. The quantitative estimate of drug-likeness (QED) is 0.767. The van der Waals surface area contributed by atoms with Crippen molar-refractivity contribution in [3.63, 3.8) is 0 Å². The fourth-order valence-electron chi connectivity index (χ4n) is 2.41. The molecule has 25 heavy (non-hydrogen) atoms. The van der Waals surface area contributed by atoms with Gasteiger partial charge in [0.25, 0.3) is 5.56 Å². The van der Waals surface area contributed by atoms with Gasteiger partial charge in [0.2, 0.25) is 5.95 Å². The highest BCUT2D eigenvalue weighted by Crippen LogP contribution is 2.20. The van der Waals surface area contributed by atoms with Gasteiger partial charge in [-0.15, -0.1) is 0 Å². The zero-order chi connectivity index (χ0) is 18.0. The molecule has 3 rings (SSSR count). The van der Waals surface area contributed by atoms with Gasteiger partial charge in [-0.2, -0.15) is 4.98 Å². The van der Waals surface area contributed by atoms with Crippen molar-refractivity contribution in [3.05, 3.63) is 58.5 Å². The summed E-state index contributed by atoms with van der Waals surface area (Å²) in [6.45, 7) is 1.34. The van der Waals surface area contributed by atoms with E-state index in [1.165, 1.54) is 24.4 Å². The van der Waals surface area contributed by atoms with Crippen LogP contribution in [0.4, 0.5) is 14.7 Å². The van der Waals surface area contributed by atoms with Gasteiger partial charge in [0.05, 0.1) is 0 Å². The van der Waals surface area contributed by atoms with Gasteiger partial charge in [-0.1, -0.05) is 6.07 Å². The summed E-state index contributed by atoms with van der Waals surface area (Å²) >= 11 is 0. The number of pyridine rings is 1. The van der Waals surface area contributed by atoms with Crippen LogP contribution in [0.1, 0.15) is 0 Å². The third-order valence-electron chi connectivity index (χ3n) is 3.64. The molecule has 1 aromatic carbocycles. The predicted octanol–water partition coefficient (Wildman–Crippen LogP) is 2.03. The van der Waals surface area contributed by atoms with E-state index in [2.05, 4.69) is 15.3 Å². The highest BCUT2D eigenvalue weighted by atomic mass is 19.1. The van der Waals surface area contributed by atoms with E-state index in [1.54, 1.807) is 0 Å². The third-order valence-corrected chi connectivity index (χ3v) is 3.64. The number of nitrogens with one attached hydrogen (secondary N) is 1. The second kappa shape index (κ2) is 6.94. The lowest BCUT2D eigenvalue weighted by Gasteiger charge is -2.13. The molecule has 0 atom stereocenters. The lowest BCUT2D eigenvalue weighted by Crippen LogP contribution is -2.23. The van der Waals surface area contributed by atoms with E-state index in [0.29, 0.717) is 11.9 Å². The van der Waals surface area contributed by atoms with Crippen molar-refractivity contribution in [2.45, 2.75) is 0 Å². The van der Waals surface area contributed by atoms with Gasteiger partial charge >= 0.3 is 0 Å². The molecule has 0 radical (unpaired) electrons. The monoisotopic (exact) mass is 345 g/mol. The molecule has 0 fully saturated rings. The number of rotatable bonds is 5. The first-order valence-corrected chi connectivity index (χ1v) is 7.69. The molecule has 1 N–H and O–H groups in total. The highest BCUT2D eigenvalue weighted by molar-refractivity contribution is 5.77. The first-order chi connectivity index (χ1) is 12.0. The highest BCUT2D eigenvalue weighted by Gasteiger charge is 2.16. The molecule has 0 aliphatic heterocycles. The Bertz CT molecular complexity index is 951. The van der Waals surface area contributed by atoms with Crippen LogP contribution in [0.25, 0.3) is 16.7 Å². The molecular formula is C17H17F2N5O. The van der Waals surface area contributed by atoms with E-state index in [0.717, 1.165) is 23.2 Å². The van der Waals surface area contributed by atoms with Crippen LogP contribution in [0.2, 0.25) is 0 Å². The Hall–Kier alpha value is -2.87. The van der Waals surface area contributed by atoms with Gasteiger partial charge in [-0.05, 0) is 32.3 Å². The normalized spacial score (nSPS) is 11.2. The molecule has 2 heterocycles. The fourth-order valence-corrected chi connectivity index (χ4v) is 2.41. The smallest absolute Gasteiger partial charge is 0.256 e. The van der Waals surface area contributed by atoms with E-state index in [-0.39, 0.29) is 11.6 Å². The van der Waals surface area contributed by atoms with Crippen molar-refractivity contribution in [1.29, 1.82) is 0 Å². The summed E-state index contributed by atoms with van der Waals surface area (Å²) in [5.74, 6) is -1.39. The van der Waals surface area contributed by atoms with Gasteiger partial charge in [0, 0.05) is 30.7 Å². The van der Waals surface area contributed by atoms with Crippen LogP contribution in [-0.2, 0) is 0 Å². The summed E-state index contributed by atoms with van der Waals surface area (Å²) in [6, 6.07) is 6.20. The number of aromatic nitrogens is 3. The van der Waals surface area contributed by atoms with Crippen LogP contribution in [-0.4, -0.2) is 46.6 Å². The van der Waals surface area contributed by atoms with Gasteiger partial charge in [0.15, 0.2) is 5.65 Å². The van der Waals surface area contributed by atoms with Crippen LogP contribution in [0.5, 0.6) is 0 Å². The van der Waals surface area contributed by atoms with E-state index < -0.39 is 22.9 Å². The van der Waals surface area contributed by atoms with Crippen LogP contribution >= 0.6 is 0 Å². The summed E-state index contributed by atoms with van der Waals surface area (Å²) in [6.07, 6.45) is 1.51. The topological polar surface area (TPSA) is 63.1 Å². The molecule has 0 spiro atoms. The molecule has 2 aromatic heterocycles. The lowest BCUT2D eigenvalue weighted by atomic mass is 10.2. The minimum Gasteiger partial charge on any atom is -0.353 e. The van der Waals surface area contributed by atoms with Gasteiger partial charge in [0.1, 0.15) is 17.3 Å². The number of likely N-dealkylation sites (N-methyl/N-ethyl adjacent to an activating group) is 1. The molecule has 0 unspecified atom stereocenters. The molecule has 0 saturated carbocycles. The van der Waals surface area contributed by atoms with Crippen LogP contribution in [0, 0.1) is 11.6 Å². The Balaban J connectivity index is 2.14. The summed E-state index contributed by atoms with van der Waals surface area (Å²) in [7, 11) is 3.86. The largest absolute Gasteiger partial charge is 0.353 e. The zero-order valence-corrected chi connectivity index (χ0v) is 13.8. The van der Waals surface area contributed by atoms with Gasteiger partial charge in [-0.3, -0.25) is 9.36 Å². The number of fused-ring (bicyclic) bond motifs is 1. The maximum Gasteiger partial charge on any atom is 0.256 e. The van der Waals surface area contributed by atoms with Crippen molar-refractivity contribution >= 4 is 17.0 Å². The Morgan fingerprint density at radius 2 is 1.88 bits per heavy atom. The van der Waals surface area contributed by atoms with Crippen LogP contribution in [0.3, 0.4) is 0 Å². The molecule has 0 amide bonds. The summed E-state index contributed by atoms with van der Waals surface area (Å²) in [5.41, 5.74) is -0.885. The number of halogens is 2. The summed E-state index contributed by atoms with van der Waals surface area (Å²) < 4.78 is 29.3. The van der Waals surface area contributed by atoms with Gasteiger partial charge in [-0.25, -0.2) is 13.8 Å². The number of benzene rings is 1. The first kappa shape index (κ1) is 17.0. The Labute approximate surface area is 142 Å². The molecule has 0 aliphatic carbocycles. The standard InChI is InChI=1S/C17H17F2N5O/c1-23(2)9-8-20-17-21-10-11-6-7-14(25)24(16(11)22-17)15-12(18)4-3-5-13(15)19/h3-7,10H,8-9H2,1-2H3,(H,20,21,22). The summed E-state index contributed by atoms with van der Waals surface area (Å²) in [5, 5.41) is 3.53. The maximum atomic E-state index is 14.2. The van der Waals surface area contributed by atoms with Crippen LogP contribution < -0.4 is 10.9 Å². The Morgan fingerprint density at radius 1 is 1.16 bits per heavy atom. The van der Waals surface area contributed by atoms with Crippen molar-refractivity contribution in [2.24, 2.45) is 0 Å². The molecule has 130 valence electrons. The molecule has 0 bridgehead atoms. The second-order valence-corrected chi connectivity index (χ2v) is 5.78. The maximum absolute atomic E-state index is 14.2. The molecule has 6 nitrogen and oxygen atoms in total. The number of para-hydroxylation sites is 1. The lowest BCUT2D eigenvalue weighted by molar-refractivity contribution is 0.425. The fraction of sp³-hybridized carbons (Fsp3) is 0.235. The first-order valence-electron chi connectivity index (χ1n) is 7.69. The SMILES string of the molecule is CN(C)CCNc1ncc2ccc(=O)n(-c3c(F)cccc3F)c2n1. The summed E-state index contributed by atoms with van der Waals surface area (Å²) in [4.78, 5) is 22.7. The van der Waals surface area contributed by atoms with Crippen molar-refractivity contribution in [2.75, 3.05) is 32.5 Å². The Morgan fingerprint density at radius 3 is 2.56 bits per heavy atom. The molecule has 3 aromatic rings. The molecule has 8 heteroatoms. The van der Waals surface area contributed by atoms with E-state index in [1.807, 2.05) is 19.0 Å². The van der Waals surface area contributed by atoms with E-state index in [9.17, 15) is 13.6 Å². The Kier molecular flexibility index (Phi) is 4.71.